The Hall–Kier alpha value is -1.29. The molecular formula is C12H18N2O2. The second-order valence-electron chi connectivity index (χ2n) is 4.30. The van der Waals surface area contributed by atoms with Crippen molar-refractivity contribution in [2.75, 3.05) is 13.1 Å². The van der Waals surface area contributed by atoms with Crippen LogP contribution in [0.15, 0.2) is 16.7 Å². The molecule has 1 aromatic rings. The fraction of sp³-hybridized carbons (Fsp3) is 0.583. The van der Waals surface area contributed by atoms with Crippen LogP contribution in [0.2, 0.25) is 0 Å². The smallest absolute Gasteiger partial charge is 0.254 e. The molecule has 2 heterocycles. The highest BCUT2D eigenvalue weighted by atomic mass is 16.3. The maximum atomic E-state index is 11.8. The van der Waals surface area contributed by atoms with Crippen LogP contribution >= 0.6 is 0 Å². The molecule has 1 aliphatic heterocycles. The van der Waals surface area contributed by atoms with Gasteiger partial charge in [-0.2, -0.15) is 0 Å². The van der Waals surface area contributed by atoms with Crippen molar-refractivity contribution in [3.63, 3.8) is 0 Å². The Morgan fingerprint density at radius 2 is 2.38 bits per heavy atom. The van der Waals surface area contributed by atoms with E-state index in [-0.39, 0.29) is 11.9 Å². The van der Waals surface area contributed by atoms with Gasteiger partial charge in [0.05, 0.1) is 5.56 Å². The third-order valence-corrected chi connectivity index (χ3v) is 2.90. The van der Waals surface area contributed by atoms with E-state index in [0.717, 1.165) is 38.1 Å². The van der Waals surface area contributed by atoms with Gasteiger partial charge in [-0.3, -0.25) is 4.79 Å². The standard InChI is InChI=1S/C12H18N2O2/c1-9-7-10(8-16-9)12(15)14-11-3-2-5-13-6-4-11/h7-8,11,13H,2-6H2,1H3,(H,14,15). The maximum absolute atomic E-state index is 11.8. The lowest BCUT2D eigenvalue weighted by atomic mass is 10.1. The minimum Gasteiger partial charge on any atom is -0.469 e. The van der Waals surface area contributed by atoms with Crippen molar-refractivity contribution in [3.05, 3.63) is 23.7 Å². The molecule has 0 bridgehead atoms. The topological polar surface area (TPSA) is 54.3 Å². The summed E-state index contributed by atoms with van der Waals surface area (Å²) in [6, 6.07) is 2.06. The second kappa shape index (κ2) is 5.16. The van der Waals surface area contributed by atoms with Gasteiger partial charge in [-0.1, -0.05) is 0 Å². The van der Waals surface area contributed by atoms with Gasteiger partial charge in [0.2, 0.25) is 0 Å². The summed E-state index contributed by atoms with van der Waals surface area (Å²) >= 11 is 0. The van der Waals surface area contributed by atoms with Gasteiger partial charge >= 0.3 is 0 Å². The zero-order valence-corrected chi connectivity index (χ0v) is 9.58. The highest BCUT2D eigenvalue weighted by molar-refractivity contribution is 5.94. The zero-order valence-electron chi connectivity index (χ0n) is 9.58. The summed E-state index contributed by atoms with van der Waals surface area (Å²) in [6.07, 6.45) is 4.69. The molecule has 0 saturated carbocycles. The van der Waals surface area contributed by atoms with Crippen LogP contribution in [0.3, 0.4) is 0 Å². The summed E-state index contributed by atoms with van der Waals surface area (Å²) in [5.41, 5.74) is 0.620. The first kappa shape index (κ1) is 11.2. The summed E-state index contributed by atoms with van der Waals surface area (Å²) in [4.78, 5) is 11.8. The van der Waals surface area contributed by atoms with E-state index in [4.69, 9.17) is 4.42 Å². The van der Waals surface area contributed by atoms with Crippen molar-refractivity contribution in [2.45, 2.75) is 32.2 Å². The van der Waals surface area contributed by atoms with Gasteiger partial charge in [0.15, 0.2) is 0 Å². The third-order valence-electron chi connectivity index (χ3n) is 2.90. The van der Waals surface area contributed by atoms with E-state index in [1.54, 1.807) is 6.07 Å². The lowest BCUT2D eigenvalue weighted by molar-refractivity contribution is 0.0933. The number of furan rings is 1. The Labute approximate surface area is 95.4 Å². The van der Waals surface area contributed by atoms with Crippen molar-refractivity contribution in [1.82, 2.24) is 10.6 Å². The van der Waals surface area contributed by atoms with Crippen LogP contribution in [0.4, 0.5) is 0 Å². The van der Waals surface area contributed by atoms with Crippen LogP contribution in [-0.4, -0.2) is 25.0 Å². The number of hydrogen-bond donors (Lipinski definition) is 2. The van der Waals surface area contributed by atoms with Gasteiger partial charge in [-0.15, -0.1) is 0 Å². The summed E-state index contributed by atoms with van der Waals surface area (Å²) in [5.74, 6) is 0.747. The summed E-state index contributed by atoms with van der Waals surface area (Å²) in [7, 11) is 0. The first-order valence-electron chi connectivity index (χ1n) is 5.82. The third kappa shape index (κ3) is 2.85. The van der Waals surface area contributed by atoms with Crippen molar-refractivity contribution in [3.8, 4) is 0 Å². The summed E-state index contributed by atoms with van der Waals surface area (Å²) < 4.78 is 5.13. The number of carbonyl (C=O) groups excluding carboxylic acids is 1. The average molecular weight is 222 g/mol. The van der Waals surface area contributed by atoms with E-state index in [0.29, 0.717) is 5.56 Å². The molecule has 0 aromatic carbocycles. The van der Waals surface area contributed by atoms with Gasteiger partial charge < -0.3 is 15.1 Å². The molecule has 1 fully saturated rings. The number of amides is 1. The van der Waals surface area contributed by atoms with Gasteiger partial charge in [0.1, 0.15) is 12.0 Å². The van der Waals surface area contributed by atoms with Crippen molar-refractivity contribution >= 4 is 5.91 Å². The fourth-order valence-corrected chi connectivity index (χ4v) is 1.99. The first-order chi connectivity index (χ1) is 7.75. The van der Waals surface area contributed by atoms with Gasteiger partial charge in [-0.05, 0) is 45.3 Å². The van der Waals surface area contributed by atoms with Crippen LogP contribution in [0.5, 0.6) is 0 Å². The molecule has 2 rings (SSSR count). The minimum atomic E-state index is -0.0243. The number of carbonyl (C=O) groups is 1. The number of aryl methyl sites for hydroxylation is 1. The molecule has 1 aliphatic rings. The van der Waals surface area contributed by atoms with E-state index in [9.17, 15) is 4.79 Å². The number of hydrogen-bond acceptors (Lipinski definition) is 3. The van der Waals surface area contributed by atoms with Crippen LogP contribution in [0, 0.1) is 6.92 Å². The van der Waals surface area contributed by atoms with Crippen LogP contribution < -0.4 is 10.6 Å². The predicted molar refractivity (Wildman–Crippen MR) is 61.4 cm³/mol. The Kier molecular flexibility index (Phi) is 3.62. The normalized spacial score (nSPS) is 21.4. The Bertz CT molecular complexity index is 352. The Morgan fingerprint density at radius 3 is 3.12 bits per heavy atom. The lowest BCUT2D eigenvalue weighted by Gasteiger charge is -2.14. The molecule has 0 radical (unpaired) electrons. The quantitative estimate of drug-likeness (QED) is 0.796. The van der Waals surface area contributed by atoms with Gasteiger partial charge in [-0.25, -0.2) is 0 Å². The molecule has 1 saturated heterocycles. The molecule has 16 heavy (non-hydrogen) atoms. The van der Waals surface area contributed by atoms with E-state index in [2.05, 4.69) is 10.6 Å². The average Bonchev–Trinajstić information content (AvgIpc) is 2.54. The molecule has 2 N–H and O–H groups in total. The van der Waals surface area contributed by atoms with Crippen LogP contribution in [-0.2, 0) is 0 Å². The molecule has 4 nitrogen and oxygen atoms in total. The zero-order chi connectivity index (χ0) is 11.4. The van der Waals surface area contributed by atoms with E-state index >= 15 is 0 Å². The van der Waals surface area contributed by atoms with E-state index in [1.807, 2.05) is 6.92 Å². The second-order valence-corrected chi connectivity index (χ2v) is 4.30. The summed E-state index contributed by atoms with van der Waals surface area (Å²) in [6.45, 7) is 3.87. The SMILES string of the molecule is Cc1cc(C(=O)NC2CCCNCC2)co1. The van der Waals surface area contributed by atoms with E-state index in [1.165, 1.54) is 6.26 Å². The predicted octanol–water partition coefficient (Wildman–Crippen LogP) is 1.46. The highest BCUT2D eigenvalue weighted by Crippen LogP contribution is 2.09. The molecule has 0 spiro atoms. The molecule has 1 atom stereocenters. The summed E-state index contributed by atoms with van der Waals surface area (Å²) in [5, 5.41) is 6.37. The van der Waals surface area contributed by atoms with E-state index < -0.39 is 0 Å². The fourth-order valence-electron chi connectivity index (χ4n) is 1.99. The number of nitrogens with one attached hydrogen (secondary N) is 2. The largest absolute Gasteiger partial charge is 0.469 e. The molecular weight excluding hydrogens is 204 g/mol. The molecule has 1 amide bonds. The van der Waals surface area contributed by atoms with Crippen LogP contribution in [0.25, 0.3) is 0 Å². The maximum Gasteiger partial charge on any atom is 0.254 e. The molecule has 4 heteroatoms. The monoisotopic (exact) mass is 222 g/mol. The Morgan fingerprint density at radius 1 is 1.50 bits per heavy atom. The van der Waals surface area contributed by atoms with Crippen molar-refractivity contribution in [1.29, 1.82) is 0 Å². The molecule has 1 unspecified atom stereocenters. The highest BCUT2D eigenvalue weighted by Gasteiger charge is 2.16. The minimum absolute atomic E-state index is 0.0243. The van der Waals surface area contributed by atoms with Crippen molar-refractivity contribution < 1.29 is 9.21 Å². The van der Waals surface area contributed by atoms with Gasteiger partial charge in [0.25, 0.3) is 5.91 Å². The number of rotatable bonds is 2. The molecule has 0 aliphatic carbocycles. The Balaban J connectivity index is 1.90. The molecule has 88 valence electrons. The van der Waals surface area contributed by atoms with Gasteiger partial charge in [0, 0.05) is 6.04 Å². The first-order valence-corrected chi connectivity index (χ1v) is 5.82. The van der Waals surface area contributed by atoms with Crippen LogP contribution in [0.1, 0.15) is 35.4 Å². The lowest BCUT2D eigenvalue weighted by Crippen LogP contribution is -2.35. The van der Waals surface area contributed by atoms with Crippen molar-refractivity contribution in [2.24, 2.45) is 0 Å². The molecule has 1 aromatic heterocycles.